The molecule has 2 aromatic carbocycles. The van der Waals surface area contributed by atoms with Crippen LogP contribution in [0.2, 0.25) is 0 Å². The Kier molecular flexibility index (Phi) is 3.10. The van der Waals surface area contributed by atoms with E-state index in [9.17, 15) is 4.79 Å². The summed E-state index contributed by atoms with van der Waals surface area (Å²) in [7, 11) is 0. The second-order valence-corrected chi connectivity index (χ2v) is 3.88. The van der Waals surface area contributed by atoms with Crippen LogP contribution in [0.4, 0.5) is 11.4 Å². The highest BCUT2D eigenvalue weighted by Gasteiger charge is 1.99. The second-order valence-electron chi connectivity index (χ2n) is 3.88. The number of rotatable bonds is 2. The minimum atomic E-state index is -0.0646. The molecule has 86 valence electrons. The fourth-order valence-corrected chi connectivity index (χ4v) is 1.62. The summed E-state index contributed by atoms with van der Waals surface area (Å²) in [6.07, 6.45) is 0. The van der Waals surface area contributed by atoms with Gasteiger partial charge < -0.3 is 11.1 Å². The number of benzene rings is 2. The molecule has 0 saturated carbocycles. The third-order valence-electron chi connectivity index (χ3n) is 2.45. The number of nitrogens with one attached hydrogen (secondary N) is 1. The van der Waals surface area contributed by atoms with E-state index in [2.05, 4.69) is 5.32 Å². The molecule has 2 rings (SSSR count). The molecule has 0 aliphatic rings. The molecule has 3 heteroatoms. The molecule has 0 bridgehead atoms. The van der Waals surface area contributed by atoms with Crippen LogP contribution in [0, 0.1) is 0 Å². The summed E-state index contributed by atoms with van der Waals surface area (Å²) in [4.78, 5) is 10.9. The van der Waals surface area contributed by atoms with Crippen molar-refractivity contribution in [1.82, 2.24) is 0 Å². The number of carbonyl (C=O) groups excluding carboxylic acids is 1. The molecule has 3 nitrogen and oxygen atoms in total. The van der Waals surface area contributed by atoms with Crippen LogP contribution < -0.4 is 11.1 Å². The molecule has 0 aromatic heterocycles. The predicted octanol–water partition coefficient (Wildman–Crippen LogP) is 2.89. The summed E-state index contributed by atoms with van der Waals surface area (Å²) in [6.45, 7) is 1.49. The first-order valence-corrected chi connectivity index (χ1v) is 5.39. The quantitative estimate of drug-likeness (QED) is 0.773. The minimum absolute atomic E-state index is 0.0646. The van der Waals surface area contributed by atoms with Crippen molar-refractivity contribution in [2.24, 2.45) is 0 Å². The van der Waals surface area contributed by atoms with Crippen molar-refractivity contribution in [2.45, 2.75) is 6.92 Å². The van der Waals surface area contributed by atoms with Gasteiger partial charge in [-0.3, -0.25) is 4.79 Å². The maximum absolute atomic E-state index is 10.9. The molecule has 0 atom stereocenters. The van der Waals surface area contributed by atoms with Gasteiger partial charge in [-0.15, -0.1) is 0 Å². The van der Waals surface area contributed by atoms with Gasteiger partial charge in [0.1, 0.15) is 0 Å². The molecule has 0 radical (unpaired) electrons. The highest BCUT2D eigenvalue weighted by atomic mass is 16.1. The molecule has 17 heavy (non-hydrogen) atoms. The topological polar surface area (TPSA) is 55.1 Å². The average Bonchev–Trinajstić information content (AvgIpc) is 2.30. The molecule has 2 aromatic rings. The van der Waals surface area contributed by atoms with Gasteiger partial charge in [0.25, 0.3) is 0 Å². The van der Waals surface area contributed by atoms with Gasteiger partial charge in [0.2, 0.25) is 5.91 Å². The monoisotopic (exact) mass is 226 g/mol. The van der Waals surface area contributed by atoms with Gasteiger partial charge in [-0.1, -0.05) is 24.3 Å². The Bertz CT molecular complexity index is 515. The summed E-state index contributed by atoms with van der Waals surface area (Å²) >= 11 is 0. The van der Waals surface area contributed by atoms with E-state index < -0.39 is 0 Å². The molecule has 0 saturated heterocycles. The lowest BCUT2D eigenvalue weighted by molar-refractivity contribution is -0.114. The minimum Gasteiger partial charge on any atom is -0.399 e. The normalized spacial score (nSPS) is 9.94. The standard InChI is InChI=1S/C14H14N2O/c1-10(17)16-14-8-4-12(5-9-14)11-2-6-13(15)7-3-11/h2-9H,15H2,1H3,(H,16,17). The first-order valence-electron chi connectivity index (χ1n) is 5.39. The zero-order valence-corrected chi connectivity index (χ0v) is 9.60. The Morgan fingerprint density at radius 2 is 1.41 bits per heavy atom. The molecule has 0 heterocycles. The van der Waals surface area contributed by atoms with E-state index in [1.54, 1.807) is 0 Å². The number of anilines is 2. The van der Waals surface area contributed by atoms with Crippen LogP contribution in [-0.2, 0) is 4.79 Å². The summed E-state index contributed by atoms with van der Waals surface area (Å²) < 4.78 is 0. The van der Waals surface area contributed by atoms with Gasteiger partial charge in [-0.2, -0.15) is 0 Å². The lowest BCUT2D eigenvalue weighted by Gasteiger charge is -2.05. The SMILES string of the molecule is CC(=O)Nc1ccc(-c2ccc(N)cc2)cc1. The van der Waals surface area contributed by atoms with Crippen LogP contribution in [0.15, 0.2) is 48.5 Å². The molecule has 0 fully saturated rings. The van der Waals surface area contributed by atoms with Gasteiger partial charge in [0.05, 0.1) is 0 Å². The molecule has 3 N–H and O–H groups in total. The largest absolute Gasteiger partial charge is 0.399 e. The van der Waals surface area contributed by atoms with E-state index in [1.807, 2.05) is 48.5 Å². The second kappa shape index (κ2) is 4.70. The van der Waals surface area contributed by atoms with Gasteiger partial charge in [0, 0.05) is 18.3 Å². The zero-order chi connectivity index (χ0) is 12.3. The first-order chi connectivity index (χ1) is 8.15. The maximum Gasteiger partial charge on any atom is 0.221 e. The van der Waals surface area contributed by atoms with Gasteiger partial charge in [0.15, 0.2) is 0 Å². The fourth-order valence-electron chi connectivity index (χ4n) is 1.62. The van der Waals surface area contributed by atoms with Crippen molar-refractivity contribution in [1.29, 1.82) is 0 Å². The molecule has 0 aliphatic heterocycles. The summed E-state index contributed by atoms with van der Waals surface area (Å²) in [5.74, 6) is -0.0646. The number of hydrogen-bond donors (Lipinski definition) is 2. The molecular formula is C14H14N2O. The molecule has 1 amide bonds. The van der Waals surface area contributed by atoms with Crippen molar-refractivity contribution >= 4 is 17.3 Å². The lowest BCUT2D eigenvalue weighted by atomic mass is 10.1. The average molecular weight is 226 g/mol. The van der Waals surface area contributed by atoms with E-state index in [1.165, 1.54) is 6.92 Å². The molecule has 0 unspecified atom stereocenters. The van der Waals surface area contributed by atoms with E-state index in [-0.39, 0.29) is 5.91 Å². The Morgan fingerprint density at radius 1 is 0.941 bits per heavy atom. The summed E-state index contributed by atoms with van der Waals surface area (Å²) in [6, 6.07) is 15.4. The van der Waals surface area contributed by atoms with Crippen molar-refractivity contribution < 1.29 is 4.79 Å². The van der Waals surface area contributed by atoms with Crippen LogP contribution in [0.3, 0.4) is 0 Å². The van der Waals surface area contributed by atoms with Crippen LogP contribution in [0.1, 0.15) is 6.92 Å². The Hall–Kier alpha value is -2.29. The highest BCUT2D eigenvalue weighted by molar-refractivity contribution is 5.89. The molecule has 0 spiro atoms. The number of carbonyl (C=O) groups is 1. The van der Waals surface area contributed by atoms with E-state index in [4.69, 9.17) is 5.73 Å². The number of amides is 1. The smallest absolute Gasteiger partial charge is 0.221 e. The first kappa shape index (κ1) is 11.2. The molecule has 0 aliphatic carbocycles. The number of hydrogen-bond acceptors (Lipinski definition) is 2. The number of nitrogens with two attached hydrogens (primary N) is 1. The fraction of sp³-hybridized carbons (Fsp3) is 0.0714. The Morgan fingerprint density at radius 3 is 1.88 bits per heavy atom. The highest BCUT2D eigenvalue weighted by Crippen LogP contribution is 2.22. The Labute approximate surface area is 100 Å². The van der Waals surface area contributed by atoms with Crippen molar-refractivity contribution in [3.63, 3.8) is 0 Å². The zero-order valence-electron chi connectivity index (χ0n) is 9.60. The van der Waals surface area contributed by atoms with Crippen molar-refractivity contribution in [2.75, 3.05) is 11.1 Å². The van der Waals surface area contributed by atoms with Crippen LogP contribution in [0.5, 0.6) is 0 Å². The van der Waals surface area contributed by atoms with Gasteiger partial charge in [-0.05, 0) is 35.4 Å². The van der Waals surface area contributed by atoms with Gasteiger partial charge >= 0.3 is 0 Å². The van der Waals surface area contributed by atoms with Crippen LogP contribution in [0.25, 0.3) is 11.1 Å². The van der Waals surface area contributed by atoms with Crippen molar-refractivity contribution in [3.8, 4) is 11.1 Å². The summed E-state index contributed by atoms with van der Waals surface area (Å²) in [5.41, 5.74) is 9.39. The lowest BCUT2D eigenvalue weighted by Crippen LogP contribution is -2.05. The maximum atomic E-state index is 10.9. The van der Waals surface area contributed by atoms with E-state index in [0.717, 1.165) is 22.5 Å². The number of nitrogen functional groups attached to an aromatic ring is 1. The summed E-state index contributed by atoms with van der Waals surface area (Å²) in [5, 5.41) is 2.73. The third-order valence-corrected chi connectivity index (χ3v) is 2.45. The van der Waals surface area contributed by atoms with Crippen LogP contribution >= 0.6 is 0 Å². The van der Waals surface area contributed by atoms with Crippen molar-refractivity contribution in [3.05, 3.63) is 48.5 Å². The van der Waals surface area contributed by atoms with Crippen LogP contribution in [-0.4, -0.2) is 5.91 Å². The Balaban J connectivity index is 2.23. The molecular weight excluding hydrogens is 212 g/mol. The van der Waals surface area contributed by atoms with E-state index >= 15 is 0 Å². The van der Waals surface area contributed by atoms with E-state index in [0.29, 0.717) is 0 Å². The van der Waals surface area contributed by atoms with Gasteiger partial charge in [-0.25, -0.2) is 0 Å². The predicted molar refractivity (Wildman–Crippen MR) is 70.6 cm³/mol. The third kappa shape index (κ3) is 2.84.